The second-order valence-corrected chi connectivity index (χ2v) is 11.2. The Labute approximate surface area is 210 Å². The monoisotopic (exact) mass is 501 g/mol. The van der Waals surface area contributed by atoms with Crippen molar-refractivity contribution in [2.75, 3.05) is 17.1 Å². The van der Waals surface area contributed by atoms with Gasteiger partial charge in [-0.2, -0.15) is 0 Å². The lowest BCUT2D eigenvalue weighted by Gasteiger charge is -2.33. The van der Waals surface area contributed by atoms with Crippen molar-refractivity contribution >= 4 is 27.5 Å². The number of benzene rings is 2. The van der Waals surface area contributed by atoms with Crippen molar-refractivity contribution in [2.24, 2.45) is 0 Å². The molecule has 0 aliphatic carbocycles. The molecule has 0 aliphatic rings. The number of rotatable bonds is 11. The molecule has 2 rings (SSSR count). The average molecular weight is 502 g/mol. The lowest BCUT2D eigenvalue weighted by atomic mass is 10.1. The second-order valence-electron chi connectivity index (χ2n) is 9.31. The predicted molar refractivity (Wildman–Crippen MR) is 142 cm³/mol. The van der Waals surface area contributed by atoms with Crippen LogP contribution in [0.2, 0.25) is 0 Å². The van der Waals surface area contributed by atoms with E-state index >= 15 is 0 Å². The van der Waals surface area contributed by atoms with Crippen LogP contribution in [0.3, 0.4) is 0 Å². The highest BCUT2D eigenvalue weighted by atomic mass is 32.2. The number of sulfonamides is 1. The molecule has 0 unspecified atom stereocenters. The van der Waals surface area contributed by atoms with Gasteiger partial charge in [0.2, 0.25) is 21.8 Å². The molecule has 2 atom stereocenters. The van der Waals surface area contributed by atoms with E-state index in [1.807, 2.05) is 77.9 Å². The lowest BCUT2D eigenvalue weighted by molar-refractivity contribution is -0.140. The summed E-state index contributed by atoms with van der Waals surface area (Å²) in [6.45, 7) is 11.2. The molecule has 8 heteroatoms. The number of hydrogen-bond acceptors (Lipinski definition) is 4. The molecule has 35 heavy (non-hydrogen) atoms. The number of carbonyl (C=O) groups is 2. The van der Waals surface area contributed by atoms with E-state index < -0.39 is 22.0 Å². The van der Waals surface area contributed by atoms with E-state index in [1.165, 1.54) is 4.90 Å². The third-order valence-electron chi connectivity index (χ3n) is 6.13. The van der Waals surface area contributed by atoms with Crippen LogP contribution in [0, 0.1) is 20.8 Å². The first kappa shape index (κ1) is 28.4. The fourth-order valence-corrected chi connectivity index (χ4v) is 4.85. The predicted octanol–water partition coefficient (Wildman–Crippen LogP) is 4.10. The summed E-state index contributed by atoms with van der Waals surface area (Å²) in [6, 6.07) is 12.5. The van der Waals surface area contributed by atoms with Crippen molar-refractivity contribution in [1.29, 1.82) is 0 Å². The molecule has 2 amide bonds. The van der Waals surface area contributed by atoms with Crippen LogP contribution in [0.25, 0.3) is 0 Å². The molecule has 0 aliphatic heterocycles. The molecule has 0 heterocycles. The summed E-state index contributed by atoms with van der Waals surface area (Å²) in [5, 5.41) is 2.98. The molecule has 2 aromatic rings. The van der Waals surface area contributed by atoms with Gasteiger partial charge in [0, 0.05) is 12.6 Å². The number of anilines is 1. The van der Waals surface area contributed by atoms with Gasteiger partial charge in [-0.1, -0.05) is 55.8 Å². The maximum absolute atomic E-state index is 13.8. The molecule has 0 fully saturated rings. The normalized spacial score (nSPS) is 13.1. The van der Waals surface area contributed by atoms with Crippen LogP contribution in [-0.2, 0) is 26.2 Å². The van der Waals surface area contributed by atoms with Gasteiger partial charge in [0.05, 0.1) is 11.9 Å². The molecular weight excluding hydrogens is 462 g/mol. The van der Waals surface area contributed by atoms with Crippen LogP contribution in [0.5, 0.6) is 0 Å². The van der Waals surface area contributed by atoms with Gasteiger partial charge in [-0.05, 0) is 63.3 Å². The summed E-state index contributed by atoms with van der Waals surface area (Å²) in [7, 11) is -3.76. The van der Waals surface area contributed by atoms with Crippen molar-refractivity contribution in [1.82, 2.24) is 10.2 Å². The Balaban J connectivity index is 2.49. The number of hydrogen-bond donors (Lipinski definition) is 1. The summed E-state index contributed by atoms with van der Waals surface area (Å²) in [4.78, 5) is 28.4. The van der Waals surface area contributed by atoms with Crippen LogP contribution < -0.4 is 9.62 Å². The Bertz CT molecular complexity index is 1150. The molecule has 0 radical (unpaired) electrons. The van der Waals surface area contributed by atoms with E-state index in [9.17, 15) is 18.0 Å². The maximum atomic E-state index is 13.8. The molecular formula is C27H39N3O4S. The molecule has 0 aromatic heterocycles. The van der Waals surface area contributed by atoms with Gasteiger partial charge in [0.25, 0.3) is 0 Å². The number of carbonyl (C=O) groups excluding carboxylic acids is 2. The van der Waals surface area contributed by atoms with E-state index in [4.69, 9.17) is 0 Å². The standard InChI is InChI=1S/C27H39N3O4S/c1-8-22(6)28-27(32)24(9-2)29(17-23-12-10-11-19(3)15-23)26(31)18-30(35(7,33)34)25-16-20(4)13-14-21(25)5/h10-16,22,24H,8-9,17-18H2,1-7H3,(H,28,32)/t22-,24-/m1/s1. The Morgan fingerprint density at radius 1 is 0.971 bits per heavy atom. The molecule has 192 valence electrons. The van der Waals surface area contributed by atoms with Gasteiger partial charge in [0.1, 0.15) is 12.6 Å². The average Bonchev–Trinajstić information content (AvgIpc) is 2.78. The van der Waals surface area contributed by atoms with Crippen molar-refractivity contribution < 1.29 is 18.0 Å². The molecule has 1 N–H and O–H groups in total. The molecule has 0 saturated carbocycles. The Morgan fingerprint density at radius 3 is 2.20 bits per heavy atom. The molecule has 2 aromatic carbocycles. The summed E-state index contributed by atoms with van der Waals surface area (Å²) in [6.07, 6.45) is 2.27. The smallest absolute Gasteiger partial charge is 0.244 e. The number of nitrogens with one attached hydrogen (secondary N) is 1. The zero-order valence-electron chi connectivity index (χ0n) is 22.0. The minimum Gasteiger partial charge on any atom is -0.352 e. The minimum absolute atomic E-state index is 0.0325. The van der Waals surface area contributed by atoms with Gasteiger partial charge in [-0.3, -0.25) is 13.9 Å². The molecule has 0 spiro atoms. The minimum atomic E-state index is -3.76. The zero-order valence-corrected chi connectivity index (χ0v) is 22.8. The SMILES string of the molecule is CC[C@@H](C)NC(=O)[C@@H](CC)N(Cc1cccc(C)c1)C(=O)CN(c1cc(C)ccc1C)S(C)(=O)=O. The van der Waals surface area contributed by atoms with E-state index in [0.717, 1.165) is 39.2 Å². The number of nitrogens with zero attached hydrogens (tertiary/aromatic N) is 2. The highest BCUT2D eigenvalue weighted by Crippen LogP contribution is 2.25. The molecule has 0 saturated heterocycles. The summed E-state index contributed by atoms with van der Waals surface area (Å²) >= 11 is 0. The summed E-state index contributed by atoms with van der Waals surface area (Å²) in [5.41, 5.74) is 4.03. The van der Waals surface area contributed by atoms with Gasteiger partial charge in [0.15, 0.2) is 0 Å². The number of aryl methyl sites for hydroxylation is 3. The van der Waals surface area contributed by atoms with Crippen molar-refractivity contribution in [3.05, 3.63) is 64.7 Å². The highest BCUT2D eigenvalue weighted by Gasteiger charge is 2.32. The molecule has 7 nitrogen and oxygen atoms in total. The van der Waals surface area contributed by atoms with E-state index in [2.05, 4.69) is 5.32 Å². The maximum Gasteiger partial charge on any atom is 0.244 e. The summed E-state index contributed by atoms with van der Waals surface area (Å²) < 4.78 is 26.7. The highest BCUT2D eigenvalue weighted by molar-refractivity contribution is 7.92. The third kappa shape index (κ3) is 7.82. The van der Waals surface area contributed by atoms with E-state index in [0.29, 0.717) is 12.1 Å². The van der Waals surface area contributed by atoms with Crippen molar-refractivity contribution in [3.63, 3.8) is 0 Å². The quantitative estimate of drug-likeness (QED) is 0.502. The van der Waals surface area contributed by atoms with Crippen LogP contribution >= 0.6 is 0 Å². The van der Waals surface area contributed by atoms with E-state index in [1.54, 1.807) is 6.07 Å². The van der Waals surface area contributed by atoms with Crippen molar-refractivity contribution in [3.8, 4) is 0 Å². The van der Waals surface area contributed by atoms with Crippen LogP contribution in [0.15, 0.2) is 42.5 Å². The van der Waals surface area contributed by atoms with Gasteiger partial charge in [-0.25, -0.2) is 8.42 Å². The van der Waals surface area contributed by atoms with Gasteiger partial charge in [-0.15, -0.1) is 0 Å². The largest absolute Gasteiger partial charge is 0.352 e. The number of amides is 2. The first-order chi connectivity index (χ1) is 16.4. The topological polar surface area (TPSA) is 86.8 Å². The van der Waals surface area contributed by atoms with Crippen molar-refractivity contribution in [2.45, 2.75) is 73.0 Å². The van der Waals surface area contributed by atoms with Crippen LogP contribution in [0.4, 0.5) is 5.69 Å². The molecule has 0 bridgehead atoms. The Hall–Kier alpha value is -2.87. The van der Waals surface area contributed by atoms with Gasteiger partial charge >= 0.3 is 0 Å². The first-order valence-electron chi connectivity index (χ1n) is 12.1. The zero-order chi connectivity index (χ0) is 26.3. The Kier molecular flexibility index (Phi) is 9.89. The van der Waals surface area contributed by atoms with E-state index in [-0.39, 0.29) is 25.0 Å². The summed E-state index contributed by atoms with van der Waals surface area (Å²) in [5.74, 6) is -0.663. The first-order valence-corrected chi connectivity index (χ1v) is 13.9. The van der Waals surface area contributed by atoms with Crippen LogP contribution in [-0.4, -0.2) is 50.0 Å². The second kappa shape index (κ2) is 12.2. The van der Waals surface area contributed by atoms with Gasteiger partial charge < -0.3 is 10.2 Å². The third-order valence-corrected chi connectivity index (χ3v) is 7.26. The lowest BCUT2D eigenvalue weighted by Crippen LogP contribution is -2.53. The van der Waals surface area contributed by atoms with Crippen LogP contribution in [0.1, 0.15) is 55.9 Å². The fourth-order valence-electron chi connectivity index (χ4n) is 3.95. The fraction of sp³-hybridized carbons (Fsp3) is 0.481. The Morgan fingerprint density at radius 2 is 1.63 bits per heavy atom.